The van der Waals surface area contributed by atoms with Crippen molar-refractivity contribution in [2.75, 3.05) is 6.26 Å². The van der Waals surface area contributed by atoms with Gasteiger partial charge in [-0.05, 0) is 18.4 Å². The Labute approximate surface area is 64.1 Å². The van der Waals surface area contributed by atoms with Crippen LogP contribution in [0.25, 0.3) is 0 Å². The van der Waals surface area contributed by atoms with Gasteiger partial charge >= 0.3 is 0 Å². The lowest BCUT2D eigenvalue weighted by Gasteiger charge is -2.11. The molecular formula is C6H9N3S. The van der Waals surface area contributed by atoms with Crippen LogP contribution < -0.4 is 5.32 Å². The van der Waals surface area contributed by atoms with Crippen molar-refractivity contribution in [2.45, 2.75) is 6.17 Å². The van der Waals surface area contributed by atoms with Gasteiger partial charge in [0, 0.05) is 11.1 Å². The van der Waals surface area contributed by atoms with Crippen LogP contribution in [-0.4, -0.2) is 12.4 Å². The molecule has 0 saturated heterocycles. The molecule has 2 N–H and O–H groups in total. The monoisotopic (exact) mass is 155 g/mol. The number of nitrogens with zero attached hydrogens (tertiary/aromatic N) is 1. The third kappa shape index (κ3) is 1.60. The highest BCUT2D eigenvalue weighted by Gasteiger charge is 2.02. The van der Waals surface area contributed by atoms with Crippen LogP contribution in [0.15, 0.2) is 28.4 Å². The number of thioether (sulfide) groups is 1. The molecular weight excluding hydrogens is 146 g/mol. The number of rotatable bonds is 2. The molecule has 3 nitrogen and oxygen atoms in total. The van der Waals surface area contributed by atoms with Gasteiger partial charge in [-0.3, -0.25) is 0 Å². The zero-order valence-electron chi connectivity index (χ0n) is 5.66. The van der Waals surface area contributed by atoms with Gasteiger partial charge in [-0.15, -0.1) is 11.8 Å². The molecule has 0 bridgehead atoms. The van der Waals surface area contributed by atoms with Crippen molar-refractivity contribution >= 4 is 11.8 Å². The van der Waals surface area contributed by atoms with Crippen LogP contribution in [0.1, 0.15) is 0 Å². The molecule has 1 aliphatic rings. The Balaban J connectivity index is 2.54. The Bertz CT molecular complexity index is 185. The van der Waals surface area contributed by atoms with Crippen LogP contribution in [0.5, 0.6) is 0 Å². The number of nitrogens with one attached hydrogen (secondary N) is 2. The number of hydrogen-bond acceptors (Lipinski definition) is 4. The van der Waals surface area contributed by atoms with E-state index in [2.05, 4.69) is 10.4 Å². The second-order valence-electron chi connectivity index (χ2n) is 1.85. The summed E-state index contributed by atoms with van der Waals surface area (Å²) in [5.74, 6) is 0. The fourth-order valence-corrected chi connectivity index (χ4v) is 1.06. The van der Waals surface area contributed by atoms with E-state index in [0.717, 1.165) is 0 Å². The maximum atomic E-state index is 6.70. The van der Waals surface area contributed by atoms with Crippen molar-refractivity contribution < 1.29 is 0 Å². The second-order valence-corrected chi connectivity index (χ2v) is 2.73. The van der Waals surface area contributed by atoms with Gasteiger partial charge in [0.2, 0.25) is 0 Å². The molecule has 1 heterocycles. The first-order valence-corrected chi connectivity index (χ1v) is 4.14. The molecule has 1 atom stereocenters. The fourth-order valence-electron chi connectivity index (χ4n) is 0.664. The van der Waals surface area contributed by atoms with Crippen molar-refractivity contribution in [3.63, 3.8) is 0 Å². The van der Waals surface area contributed by atoms with Crippen molar-refractivity contribution in [1.82, 2.24) is 5.32 Å². The molecule has 1 unspecified atom stereocenters. The number of allylic oxidation sites excluding steroid dienone is 1. The van der Waals surface area contributed by atoms with Crippen LogP contribution >= 0.6 is 11.8 Å². The maximum absolute atomic E-state index is 6.70. The molecule has 10 heavy (non-hydrogen) atoms. The Hall–Kier alpha value is -0.770. The van der Waals surface area contributed by atoms with Crippen LogP contribution in [0, 0.1) is 5.53 Å². The summed E-state index contributed by atoms with van der Waals surface area (Å²) in [6.07, 6.45) is 7.54. The Morgan fingerprint density at radius 2 is 2.60 bits per heavy atom. The molecule has 0 aromatic rings. The highest BCUT2D eigenvalue weighted by atomic mass is 32.2. The molecule has 4 heteroatoms. The van der Waals surface area contributed by atoms with Gasteiger partial charge in [0.25, 0.3) is 0 Å². The maximum Gasteiger partial charge on any atom is 0.158 e. The van der Waals surface area contributed by atoms with E-state index in [1.165, 1.54) is 4.91 Å². The minimum atomic E-state index is -0.157. The molecule has 1 aliphatic heterocycles. The third-order valence-corrected chi connectivity index (χ3v) is 1.94. The molecule has 1 rings (SSSR count). The van der Waals surface area contributed by atoms with Crippen LogP contribution in [0.2, 0.25) is 0 Å². The molecule has 0 fully saturated rings. The normalized spacial score (nSPS) is 23.3. The van der Waals surface area contributed by atoms with Crippen LogP contribution in [0.4, 0.5) is 0 Å². The lowest BCUT2D eigenvalue weighted by Crippen LogP contribution is -2.21. The Kier molecular flexibility index (Phi) is 2.50. The van der Waals surface area contributed by atoms with Crippen molar-refractivity contribution in [2.24, 2.45) is 5.11 Å². The molecule has 0 aromatic heterocycles. The average Bonchev–Trinajstić information content (AvgIpc) is 2.05. The van der Waals surface area contributed by atoms with Gasteiger partial charge in [0.15, 0.2) is 6.17 Å². The number of hydrogen-bond donors (Lipinski definition) is 2. The quantitative estimate of drug-likeness (QED) is 0.596. The van der Waals surface area contributed by atoms with E-state index in [4.69, 9.17) is 5.53 Å². The molecule has 0 radical (unpaired) electrons. The van der Waals surface area contributed by atoms with Gasteiger partial charge in [-0.2, -0.15) is 5.11 Å². The van der Waals surface area contributed by atoms with E-state index in [9.17, 15) is 0 Å². The summed E-state index contributed by atoms with van der Waals surface area (Å²) in [6.45, 7) is 0. The van der Waals surface area contributed by atoms with Gasteiger partial charge < -0.3 is 5.32 Å². The highest BCUT2D eigenvalue weighted by Crippen LogP contribution is 2.15. The first kappa shape index (κ1) is 7.34. The summed E-state index contributed by atoms with van der Waals surface area (Å²) in [5.41, 5.74) is 6.70. The zero-order chi connectivity index (χ0) is 7.40. The Morgan fingerprint density at radius 1 is 1.80 bits per heavy atom. The molecule has 0 amide bonds. The summed E-state index contributed by atoms with van der Waals surface area (Å²) in [4.78, 5) is 1.17. The minimum Gasteiger partial charge on any atom is -0.364 e. The van der Waals surface area contributed by atoms with E-state index < -0.39 is 0 Å². The van der Waals surface area contributed by atoms with E-state index >= 15 is 0 Å². The standard InChI is InChI=1S/C6H9N3S/c1-10-5-2-3-6(9-7)8-4-5/h2-4,6-8H,1H3. The van der Waals surface area contributed by atoms with Gasteiger partial charge in [-0.1, -0.05) is 0 Å². The van der Waals surface area contributed by atoms with Gasteiger partial charge in [0.05, 0.1) is 0 Å². The topological polar surface area (TPSA) is 48.2 Å². The van der Waals surface area contributed by atoms with Gasteiger partial charge in [-0.25, -0.2) is 5.53 Å². The predicted octanol–water partition coefficient (Wildman–Crippen LogP) is 1.71. The largest absolute Gasteiger partial charge is 0.364 e. The van der Waals surface area contributed by atoms with E-state index in [1.54, 1.807) is 11.8 Å². The fraction of sp³-hybridized carbons (Fsp3) is 0.333. The van der Waals surface area contributed by atoms with Gasteiger partial charge in [0.1, 0.15) is 0 Å². The third-order valence-electron chi connectivity index (χ3n) is 1.21. The molecule has 0 spiro atoms. The van der Waals surface area contributed by atoms with E-state index in [-0.39, 0.29) is 6.17 Å². The lowest BCUT2D eigenvalue weighted by molar-refractivity contribution is 0.671. The first-order chi connectivity index (χ1) is 4.86. The summed E-state index contributed by atoms with van der Waals surface area (Å²) in [7, 11) is 0. The van der Waals surface area contributed by atoms with Crippen molar-refractivity contribution in [3.05, 3.63) is 23.3 Å². The van der Waals surface area contributed by atoms with E-state index in [0.29, 0.717) is 0 Å². The second kappa shape index (κ2) is 3.41. The smallest absolute Gasteiger partial charge is 0.158 e. The summed E-state index contributed by atoms with van der Waals surface area (Å²) < 4.78 is 0. The van der Waals surface area contributed by atoms with Crippen molar-refractivity contribution in [1.29, 1.82) is 5.53 Å². The summed E-state index contributed by atoms with van der Waals surface area (Å²) in [5, 5.41) is 6.26. The van der Waals surface area contributed by atoms with Crippen LogP contribution in [0.3, 0.4) is 0 Å². The number of dihydropyridines is 1. The summed E-state index contributed by atoms with van der Waals surface area (Å²) >= 11 is 1.67. The molecule has 0 aliphatic carbocycles. The molecule has 54 valence electrons. The zero-order valence-corrected chi connectivity index (χ0v) is 6.48. The summed E-state index contributed by atoms with van der Waals surface area (Å²) in [6, 6.07) is 0. The first-order valence-electron chi connectivity index (χ1n) is 2.92. The SMILES string of the molecule is CSC1=CNC(N=N)C=C1. The minimum absolute atomic E-state index is 0.157. The van der Waals surface area contributed by atoms with E-state index in [1.807, 2.05) is 24.6 Å². The molecule has 0 aromatic carbocycles. The highest BCUT2D eigenvalue weighted by molar-refractivity contribution is 8.02. The Morgan fingerprint density at radius 3 is 3.00 bits per heavy atom. The lowest BCUT2D eigenvalue weighted by atomic mass is 10.3. The van der Waals surface area contributed by atoms with Crippen molar-refractivity contribution in [3.8, 4) is 0 Å². The average molecular weight is 155 g/mol. The molecule has 0 saturated carbocycles. The van der Waals surface area contributed by atoms with Crippen LogP contribution in [-0.2, 0) is 0 Å². The predicted molar refractivity (Wildman–Crippen MR) is 42.8 cm³/mol.